The molecule has 330 valence electrons. The molecule has 4 heteroatoms. The highest BCUT2D eigenvalue weighted by molar-refractivity contribution is 6.25. The molecule has 4 nitrogen and oxygen atoms in total. The van der Waals surface area contributed by atoms with Crippen molar-refractivity contribution in [1.82, 2.24) is 0 Å². The van der Waals surface area contributed by atoms with Crippen LogP contribution in [-0.2, 0) is 5.41 Å². The average Bonchev–Trinajstić information content (AvgIpc) is 4.06. The monoisotopic (exact) mass is 888 g/mol. The number of anilines is 6. The first-order valence-corrected chi connectivity index (χ1v) is 23.8. The number of furan rings is 2. The van der Waals surface area contributed by atoms with Gasteiger partial charge in [0.1, 0.15) is 22.3 Å². The minimum Gasteiger partial charge on any atom is -0.455 e. The van der Waals surface area contributed by atoms with E-state index < -0.39 is 5.41 Å². The molecule has 0 N–H and O–H groups in total. The number of benzene rings is 10. The second-order valence-corrected chi connectivity index (χ2v) is 18.7. The molecule has 0 saturated heterocycles. The van der Waals surface area contributed by atoms with Gasteiger partial charge in [-0.15, -0.1) is 0 Å². The van der Waals surface area contributed by atoms with Crippen LogP contribution in [0.1, 0.15) is 44.5 Å². The predicted molar refractivity (Wildman–Crippen MR) is 287 cm³/mol. The van der Waals surface area contributed by atoms with Crippen molar-refractivity contribution in [3.05, 3.63) is 263 Å². The fraction of sp³-hybridized carbons (Fsp3) is 0.0769. The molecule has 1 aliphatic rings. The normalized spacial score (nSPS) is 12.8. The maximum atomic E-state index is 7.40. The van der Waals surface area contributed by atoms with E-state index in [2.05, 4.69) is 256 Å². The van der Waals surface area contributed by atoms with Gasteiger partial charge in [0.05, 0.1) is 27.6 Å². The van der Waals surface area contributed by atoms with E-state index in [1.54, 1.807) is 0 Å². The first-order valence-electron chi connectivity index (χ1n) is 23.8. The molecule has 0 bridgehead atoms. The number of aryl methyl sites for hydroxylation is 4. The Labute approximate surface area is 401 Å². The van der Waals surface area contributed by atoms with Crippen molar-refractivity contribution in [3.63, 3.8) is 0 Å². The summed E-state index contributed by atoms with van der Waals surface area (Å²) in [6.07, 6.45) is 0. The minimum atomic E-state index is -0.852. The molecule has 0 atom stereocenters. The number of rotatable bonds is 8. The number of fused-ring (bicyclic) bond motifs is 11. The van der Waals surface area contributed by atoms with Crippen LogP contribution in [0.4, 0.5) is 34.1 Å². The topological polar surface area (TPSA) is 32.8 Å². The van der Waals surface area contributed by atoms with Gasteiger partial charge in [0.2, 0.25) is 0 Å². The SMILES string of the molecule is Cc1ccc(N(c2ccc(C)cc2)c2cc3c(c4oc5ccccc5c24)-c2c(cc(N(c4ccc(C)cc4)c4ccc(C)cc4)c4c2oc2ccccc24)C3(c2ccccc2)c2ccccc2)cc1. The molecule has 13 rings (SSSR count). The van der Waals surface area contributed by atoms with Crippen molar-refractivity contribution in [2.75, 3.05) is 9.80 Å². The van der Waals surface area contributed by atoms with Crippen LogP contribution in [0.3, 0.4) is 0 Å². The molecule has 2 aromatic heterocycles. The molecule has 0 spiro atoms. The van der Waals surface area contributed by atoms with E-state index in [4.69, 9.17) is 8.83 Å². The average molecular weight is 889 g/mol. The van der Waals surface area contributed by atoms with Crippen molar-refractivity contribution in [2.45, 2.75) is 33.1 Å². The maximum Gasteiger partial charge on any atom is 0.145 e. The van der Waals surface area contributed by atoms with E-state index in [-0.39, 0.29) is 0 Å². The largest absolute Gasteiger partial charge is 0.455 e. The summed E-state index contributed by atoms with van der Waals surface area (Å²) < 4.78 is 14.8. The molecule has 0 fully saturated rings. The zero-order valence-corrected chi connectivity index (χ0v) is 39.0. The van der Waals surface area contributed by atoms with E-state index in [0.29, 0.717) is 0 Å². The van der Waals surface area contributed by atoms with Crippen LogP contribution >= 0.6 is 0 Å². The molecular weight excluding hydrogens is 841 g/mol. The van der Waals surface area contributed by atoms with Gasteiger partial charge in [0.15, 0.2) is 0 Å². The van der Waals surface area contributed by atoms with Gasteiger partial charge in [-0.1, -0.05) is 168 Å². The third kappa shape index (κ3) is 6.22. The summed E-state index contributed by atoms with van der Waals surface area (Å²) in [5.74, 6) is 0. The fourth-order valence-electron chi connectivity index (χ4n) is 11.1. The smallest absolute Gasteiger partial charge is 0.145 e. The Morgan fingerprint density at radius 2 is 0.638 bits per heavy atom. The summed E-state index contributed by atoms with van der Waals surface area (Å²) >= 11 is 0. The second kappa shape index (κ2) is 15.8. The second-order valence-electron chi connectivity index (χ2n) is 18.7. The highest BCUT2D eigenvalue weighted by atomic mass is 16.3. The molecule has 12 aromatic rings. The molecule has 10 aromatic carbocycles. The number of para-hydroxylation sites is 2. The number of hydrogen-bond acceptors (Lipinski definition) is 4. The zero-order valence-electron chi connectivity index (χ0n) is 39.0. The van der Waals surface area contributed by atoms with Crippen molar-refractivity contribution in [1.29, 1.82) is 0 Å². The molecule has 0 saturated carbocycles. The van der Waals surface area contributed by atoms with Crippen LogP contribution in [0, 0.1) is 27.7 Å². The molecule has 0 unspecified atom stereocenters. The van der Waals surface area contributed by atoms with Gasteiger partial charge in [0.25, 0.3) is 0 Å². The van der Waals surface area contributed by atoms with Crippen LogP contribution in [0.15, 0.2) is 227 Å². The van der Waals surface area contributed by atoms with Gasteiger partial charge in [-0.25, -0.2) is 0 Å². The first-order chi connectivity index (χ1) is 33.9. The maximum absolute atomic E-state index is 7.40. The van der Waals surface area contributed by atoms with E-state index >= 15 is 0 Å². The third-order valence-corrected chi connectivity index (χ3v) is 14.4. The Kier molecular flexibility index (Phi) is 9.28. The highest BCUT2D eigenvalue weighted by Crippen LogP contribution is 2.64. The van der Waals surface area contributed by atoms with E-state index in [1.807, 2.05) is 0 Å². The fourth-order valence-corrected chi connectivity index (χ4v) is 11.1. The van der Waals surface area contributed by atoms with Crippen molar-refractivity contribution >= 4 is 78.0 Å². The summed E-state index contributed by atoms with van der Waals surface area (Å²) in [6.45, 7) is 8.59. The van der Waals surface area contributed by atoms with Crippen LogP contribution < -0.4 is 9.80 Å². The number of nitrogens with zero attached hydrogens (tertiary/aromatic N) is 2. The molecular formula is C65H48N2O2. The van der Waals surface area contributed by atoms with E-state index in [1.165, 1.54) is 22.3 Å². The zero-order chi connectivity index (χ0) is 46.4. The van der Waals surface area contributed by atoms with E-state index in [9.17, 15) is 0 Å². The Balaban J connectivity index is 1.26. The summed E-state index contributed by atoms with van der Waals surface area (Å²) in [5, 5.41) is 4.19. The lowest BCUT2D eigenvalue weighted by Gasteiger charge is -2.36. The van der Waals surface area contributed by atoms with Gasteiger partial charge in [0, 0.05) is 44.6 Å². The lowest BCUT2D eigenvalue weighted by atomic mass is 9.67. The van der Waals surface area contributed by atoms with Gasteiger partial charge >= 0.3 is 0 Å². The standard InChI is InChI=1S/C65H48N2O2/c1-41-23-31-47(32-24-41)66(48-33-25-42(2)26-34-48)55-39-53-61(63-59(55)51-19-11-13-21-57(51)68-63)62-54(65(53,45-15-7-5-8-16-45)46-17-9-6-10-18-46)40-56(60-52-20-12-14-22-58(52)69-64(60)62)67(49-35-27-43(3)28-36-49)50-37-29-44(4)30-38-50/h5-40H,1-4H3. The van der Waals surface area contributed by atoms with Crippen LogP contribution in [-0.4, -0.2) is 0 Å². The van der Waals surface area contributed by atoms with Crippen molar-refractivity contribution in [2.24, 2.45) is 0 Å². The first kappa shape index (κ1) is 40.7. The van der Waals surface area contributed by atoms with Crippen LogP contribution in [0.2, 0.25) is 0 Å². The molecule has 2 heterocycles. The van der Waals surface area contributed by atoms with Crippen molar-refractivity contribution in [3.8, 4) is 11.1 Å². The van der Waals surface area contributed by atoms with Crippen LogP contribution in [0.25, 0.3) is 55.0 Å². The predicted octanol–water partition coefficient (Wildman–Crippen LogP) is 18.0. The van der Waals surface area contributed by atoms with Gasteiger partial charge in [-0.05, 0) is 123 Å². The summed E-state index contributed by atoms with van der Waals surface area (Å²) in [4.78, 5) is 4.85. The summed E-state index contributed by atoms with van der Waals surface area (Å²) in [5.41, 5.74) is 20.2. The number of hydrogen-bond donors (Lipinski definition) is 0. The molecule has 0 aliphatic heterocycles. The van der Waals surface area contributed by atoms with E-state index in [0.717, 1.165) is 111 Å². The van der Waals surface area contributed by atoms with Gasteiger partial charge in [-0.2, -0.15) is 0 Å². The quantitative estimate of drug-likeness (QED) is 0.152. The molecule has 1 aliphatic carbocycles. The molecule has 0 amide bonds. The Morgan fingerprint density at radius 3 is 0.971 bits per heavy atom. The van der Waals surface area contributed by atoms with Gasteiger partial charge in [-0.3, -0.25) is 0 Å². The van der Waals surface area contributed by atoms with Gasteiger partial charge < -0.3 is 18.6 Å². The highest BCUT2D eigenvalue weighted by Gasteiger charge is 2.50. The summed E-state index contributed by atoms with van der Waals surface area (Å²) in [6, 6.07) is 79.6. The van der Waals surface area contributed by atoms with Crippen molar-refractivity contribution < 1.29 is 8.83 Å². The summed E-state index contributed by atoms with van der Waals surface area (Å²) in [7, 11) is 0. The third-order valence-electron chi connectivity index (χ3n) is 14.4. The molecule has 69 heavy (non-hydrogen) atoms. The minimum absolute atomic E-state index is 0.825. The molecule has 0 radical (unpaired) electrons. The Bertz CT molecular complexity index is 3550. The van der Waals surface area contributed by atoms with Crippen LogP contribution in [0.5, 0.6) is 0 Å². The lowest BCUT2D eigenvalue weighted by Crippen LogP contribution is -2.29. The Hall–Kier alpha value is -8.60. The Morgan fingerprint density at radius 1 is 0.333 bits per heavy atom. The lowest BCUT2D eigenvalue weighted by molar-refractivity contribution is 0.665.